The van der Waals surface area contributed by atoms with E-state index in [0.717, 1.165) is 11.3 Å². The number of aromatic nitrogens is 2. The first kappa shape index (κ1) is 17.2. The first-order valence-electron chi connectivity index (χ1n) is 7.14. The number of nitrogens with two attached hydrogens (primary N) is 1. The van der Waals surface area contributed by atoms with Crippen LogP contribution in [-0.4, -0.2) is 24.1 Å². The topological polar surface area (TPSA) is 107 Å². The van der Waals surface area contributed by atoms with Crippen molar-refractivity contribution in [3.05, 3.63) is 47.3 Å². The Bertz CT molecular complexity index is 808. The second-order valence-corrected chi connectivity index (χ2v) is 7.14. The van der Waals surface area contributed by atoms with Gasteiger partial charge in [-0.05, 0) is 44.5 Å². The van der Waals surface area contributed by atoms with Crippen LogP contribution < -0.4 is 10.5 Å². The number of amides is 1. The van der Waals surface area contributed by atoms with Crippen LogP contribution in [0.3, 0.4) is 0 Å². The van der Waals surface area contributed by atoms with E-state index in [9.17, 15) is 13.2 Å². The predicted octanol–water partition coefficient (Wildman–Crippen LogP) is 1.35. The number of nitrogens with one attached hydrogen (secondary N) is 1. The summed E-state index contributed by atoms with van der Waals surface area (Å²) in [6.45, 7) is 6.16. The van der Waals surface area contributed by atoms with E-state index in [1.807, 2.05) is 20.8 Å². The van der Waals surface area contributed by atoms with Gasteiger partial charge in [-0.3, -0.25) is 9.48 Å². The first-order valence-corrected chi connectivity index (χ1v) is 8.69. The van der Waals surface area contributed by atoms with Gasteiger partial charge < -0.3 is 5.32 Å². The molecule has 1 heterocycles. The van der Waals surface area contributed by atoms with E-state index < -0.39 is 10.0 Å². The van der Waals surface area contributed by atoms with E-state index in [1.54, 1.807) is 22.9 Å². The molecular weight excluding hydrogens is 316 g/mol. The van der Waals surface area contributed by atoms with Crippen LogP contribution in [-0.2, 0) is 16.6 Å². The minimum absolute atomic E-state index is 0.0406. The van der Waals surface area contributed by atoms with E-state index in [2.05, 4.69) is 10.4 Å². The molecule has 23 heavy (non-hydrogen) atoms. The smallest absolute Gasteiger partial charge is 0.272 e. The van der Waals surface area contributed by atoms with Gasteiger partial charge in [-0.1, -0.05) is 12.1 Å². The quantitative estimate of drug-likeness (QED) is 0.859. The molecule has 0 radical (unpaired) electrons. The molecule has 3 N–H and O–H groups in total. The number of sulfonamides is 1. The fraction of sp³-hybridized carbons (Fsp3) is 0.333. The number of primary sulfonamides is 1. The molecule has 0 aliphatic carbocycles. The fourth-order valence-electron chi connectivity index (χ4n) is 2.19. The zero-order valence-corrected chi connectivity index (χ0v) is 14.1. The van der Waals surface area contributed by atoms with Crippen LogP contribution in [0, 0.1) is 6.92 Å². The van der Waals surface area contributed by atoms with E-state index in [0.29, 0.717) is 5.69 Å². The Labute approximate surface area is 135 Å². The first-order chi connectivity index (χ1) is 10.7. The van der Waals surface area contributed by atoms with Gasteiger partial charge in [0.2, 0.25) is 10.0 Å². The van der Waals surface area contributed by atoms with Crippen LogP contribution in [0.25, 0.3) is 0 Å². The lowest BCUT2D eigenvalue weighted by Crippen LogP contribution is -2.23. The zero-order valence-electron chi connectivity index (χ0n) is 13.3. The minimum atomic E-state index is -3.70. The summed E-state index contributed by atoms with van der Waals surface area (Å²) in [4.78, 5) is 12.2. The monoisotopic (exact) mass is 336 g/mol. The molecule has 2 rings (SSSR count). The number of carbonyl (C=O) groups is 1. The third-order valence-electron chi connectivity index (χ3n) is 3.35. The molecule has 1 aromatic heterocycles. The normalized spacial score (nSPS) is 11.7. The predicted molar refractivity (Wildman–Crippen MR) is 86.3 cm³/mol. The van der Waals surface area contributed by atoms with Crippen molar-refractivity contribution in [1.82, 2.24) is 15.1 Å². The molecule has 0 atom stereocenters. The summed E-state index contributed by atoms with van der Waals surface area (Å²) in [7, 11) is -3.70. The Morgan fingerprint density at radius 2 is 1.91 bits per heavy atom. The molecule has 124 valence electrons. The maximum atomic E-state index is 12.1. The van der Waals surface area contributed by atoms with Crippen molar-refractivity contribution in [3.63, 3.8) is 0 Å². The van der Waals surface area contributed by atoms with Crippen LogP contribution in [0.15, 0.2) is 35.2 Å². The summed E-state index contributed by atoms with van der Waals surface area (Å²) in [6.07, 6.45) is 0. The van der Waals surface area contributed by atoms with Gasteiger partial charge in [0.25, 0.3) is 5.91 Å². The van der Waals surface area contributed by atoms with Crippen molar-refractivity contribution in [2.45, 2.75) is 38.3 Å². The number of nitrogens with zero attached hydrogens (tertiary/aromatic N) is 2. The van der Waals surface area contributed by atoms with Crippen molar-refractivity contribution in [2.24, 2.45) is 5.14 Å². The van der Waals surface area contributed by atoms with Crippen LogP contribution in [0.2, 0.25) is 0 Å². The van der Waals surface area contributed by atoms with Crippen molar-refractivity contribution < 1.29 is 13.2 Å². The highest BCUT2D eigenvalue weighted by Crippen LogP contribution is 2.11. The SMILES string of the molecule is Cc1cc(C(=O)NCc2ccc(S(N)(=O)=O)cc2)nn1C(C)C. The third kappa shape index (κ3) is 4.17. The van der Waals surface area contributed by atoms with Gasteiger partial charge >= 0.3 is 0 Å². The summed E-state index contributed by atoms with van der Waals surface area (Å²) in [6, 6.07) is 7.96. The largest absolute Gasteiger partial charge is 0.347 e. The molecule has 0 fully saturated rings. The van der Waals surface area contributed by atoms with Crippen molar-refractivity contribution in [2.75, 3.05) is 0 Å². The molecule has 0 spiro atoms. The van der Waals surface area contributed by atoms with Gasteiger partial charge in [0, 0.05) is 18.3 Å². The Kier molecular flexibility index (Phi) is 4.86. The lowest BCUT2D eigenvalue weighted by atomic mass is 10.2. The summed E-state index contributed by atoms with van der Waals surface area (Å²) in [5, 5.41) is 12.1. The maximum absolute atomic E-state index is 12.1. The molecular formula is C15H20N4O3S. The van der Waals surface area contributed by atoms with Crippen molar-refractivity contribution >= 4 is 15.9 Å². The van der Waals surface area contributed by atoms with Crippen LogP contribution in [0.1, 0.15) is 41.6 Å². The molecule has 0 aliphatic heterocycles. The van der Waals surface area contributed by atoms with E-state index in [4.69, 9.17) is 5.14 Å². The Balaban J connectivity index is 2.03. The van der Waals surface area contributed by atoms with Crippen LogP contribution in [0.5, 0.6) is 0 Å². The third-order valence-corrected chi connectivity index (χ3v) is 4.28. The molecule has 1 aromatic carbocycles. The fourth-order valence-corrected chi connectivity index (χ4v) is 2.71. The molecule has 1 amide bonds. The number of hydrogen-bond donors (Lipinski definition) is 2. The number of aryl methyl sites for hydroxylation is 1. The molecule has 0 bridgehead atoms. The molecule has 0 saturated carbocycles. The second kappa shape index (κ2) is 6.51. The average molecular weight is 336 g/mol. The van der Waals surface area contributed by atoms with Crippen molar-refractivity contribution in [3.8, 4) is 0 Å². The Hall–Kier alpha value is -2.19. The highest BCUT2D eigenvalue weighted by molar-refractivity contribution is 7.89. The number of hydrogen-bond acceptors (Lipinski definition) is 4. The van der Waals surface area contributed by atoms with Crippen LogP contribution >= 0.6 is 0 Å². The van der Waals surface area contributed by atoms with E-state index in [-0.39, 0.29) is 23.4 Å². The minimum Gasteiger partial charge on any atom is -0.347 e. The lowest BCUT2D eigenvalue weighted by Gasteiger charge is -2.07. The summed E-state index contributed by atoms with van der Waals surface area (Å²) >= 11 is 0. The van der Waals surface area contributed by atoms with Crippen molar-refractivity contribution in [1.29, 1.82) is 0 Å². The summed E-state index contributed by atoms with van der Waals surface area (Å²) < 4.78 is 24.2. The molecule has 0 aliphatic rings. The van der Waals surface area contributed by atoms with E-state index in [1.165, 1.54) is 12.1 Å². The summed E-state index contributed by atoms with van der Waals surface area (Å²) in [5.41, 5.74) is 2.05. The molecule has 7 nitrogen and oxygen atoms in total. The molecule has 0 saturated heterocycles. The van der Waals surface area contributed by atoms with Gasteiger partial charge in [-0.2, -0.15) is 5.10 Å². The highest BCUT2D eigenvalue weighted by atomic mass is 32.2. The Morgan fingerprint density at radius 3 is 2.39 bits per heavy atom. The van der Waals surface area contributed by atoms with Gasteiger partial charge in [0.15, 0.2) is 0 Å². The number of carbonyl (C=O) groups excluding carboxylic acids is 1. The number of benzene rings is 1. The van der Waals surface area contributed by atoms with Gasteiger partial charge in [-0.25, -0.2) is 13.6 Å². The Morgan fingerprint density at radius 1 is 1.30 bits per heavy atom. The standard InChI is InChI=1S/C15H20N4O3S/c1-10(2)19-11(3)8-14(18-19)15(20)17-9-12-4-6-13(7-5-12)23(16,21)22/h4-8,10H,9H2,1-3H3,(H,17,20)(H2,16,21,22). The van der Waals surface area contributed by atoms with Gasteiger partial charge in [0.05, 0.1) is 4.90 Å². The molecule has 0 unspecified atom stereocenters. The van der Waals surface area contributed by atoms with Gasteiger partial charge in [-0.15, -0.1) is 0 Å². The maximum Gasteiger partial charge on any atom is 0.272 e. The summed E-state index contributed by atoms with van der Waals surface area (Å²) in [5.74, 6) is -0.275. The average Bonchev–Trinajstić information content (AvgIpc) is 2.86. The van der Waals surface area contributed by atoms with Crippen LogP contribution in [0.4, 0.5) is 0 Å². The van der Waals surface area contributed by atoms with Gasteiger partial charge in [0.1, 0.15) is 5.69 Å². The lowest BCUT2D eigenvalue weighted by molar-refractivity contribution is 0.0945. The molecule has 8 heteroatoms. The zero-order chi connectivity index (χ0) is 17.2. The molecule has 2 aromatic rings. The van der Waals surface area contributed by atoms with E-state index >= 15 is 0 Å². The second-order valence-electron chi connectivity index (χ2n) is 5.58. The highest BCUT2D eigenvalue weighted by Gasteiger charge is 2.13. The number of rotatable bonds is 5.